The van der Waals surface area contributed by atoms with Crippen molar-refractivity contribution in [3.8, 4) is 0 Å². The number of hydrogen-bond donors (Lipinski definition) is 1. The summed E-state index contributed by atoms with van der Waals surface area (Å²) in [5.41, 5.74) is 6.07. The molecule has 15 heavy (non-hydrogen) atoms. The fourth-order valence-electron chi connectivity index (χ4n) is 1.48. The summed E-state index contributed by atoms with van der Waals surface area (Å²) in [6.07, 6.45) is 2.43. The van der Waals surface area contributed by atoms with Gasteiger partial charge in [-0.15, -0.1) is 0 Å². The lowest BCUT2D eigenvalue weighted by atomic mass is 10.2. The van der Waals surface area contributed by atoms with Crippen LogP contribution in [-0.4, -0.2) is 30.4 Å². The maximum Gasteiger partial charge on any atom is 0.257 e. The normalized spacial score (nSPS) is 10.3. The predicted octanol–water partition coefficient (Wildman–Crippen LogP) is 1.40. The Morgan fingerprint density at radius 3 is 2.73 bits per heavy atom. The number of carbonyl (C=O) groups excluding carboxylic acids is 1. The third-order valence-corrected chi connectivity index (χ3v) is 2.16. The molecular formula is C11H18N2O2. The SMILES string of the molecule is CCCN(CCN)C(=O)c1coc(C)c1. The fourth-order valence-corrected chi connectivity index (χ4v) is 1.48. The van der Waals surface area contributed by atoms with E-state index >= 15 is 0 Å². The highest BCUT2D eigenvalue weighted by atomic mass is 16.3. The number of hydrogen-bond acceptors (Lipinski definition) is 3. The third kappa shape index (κ3) is 3.09. The van der Waals surface area contributed by atoms with Gasteiger partial charge in [-0.3, -0.25) is 4.79 Å². The van der Waals surface area contributed by atoms with Gasteiger partial charge in [0.25, 0.3) is 5.91 Å². The first-order valence-electron chi connectivity index (χ1n) is 5.23. The highest BCUT2D eigenvalue weighted by molar-refractivity contribution is 5.94. The molecule has 1 aromatic rings. The highest BCUT2D eigenvalue weighted by Gasteiger charge is 2.15. The number of nitrogens with zero attached hydrogens (tertiary/aromatic N) is 1. The van der Waals surface area contributed by atoms with E-state index in [9.17, 15) is 4.79 Å². The Morgan fingerprint density at radius 2 is 2.27 bits per heavy atom. The minimum absolute atomic E-state index is 0.000787. The lowest BCUT2D eigenvalue weighted by Crippen LogP contribution is -2.35. The van der Waals surface area contributed by atoms with Gasteiger partial charge in [0.2, 0.25) is 0 Å². The quantitative estimate of drug-likeness (QED) is 0.799. The number of carbonyl (C=O) groups is 1. The van der Waals surface area contributed by atoms with E-state index in [2.05, 4.69) is 0 Å². The molecule has 2 N–H and O–H groups in total. The summed E-state index contributed by atoms with van der Waals surface area (Å²) in [7, 11) is 0. The molecule has 1 heterocycles. The van der Waals surface area contributed by atoms with Crippen molar-refractivity contribution in [3.63, 3.8) is 0 Å². The summed E-state index contributed by atoms with van der Waals surface area (Å²) in [4.78, 5) is 13.7. The summed E-state index contributed by atoms with van der Waals surface area (Å²) < 4.78 is 5.11. The molecule has 1 rings (SSSR count). The number of nitrogens with two attached hydrogens (primary N) is 1. The molecular weight excluding hydrogens is 192 g/mol. The van der Waals surface area contributed by atoms with E-state index < -0.39 is 0 Å². The topological polar surface area (TPSA) is 59.5 Å². The zero-order chi connectivity index (χ0) is 11.3. The van der Waals surface area contributed by atoms with Crippen molar-refractivity contribution in [1.29, 1.82) is 0 Å². The first-order valence-corrected chi connectivity index (χ1v) is 5.23. The second-order valence-electron chi connectivity index (χ2n) is 3.53. The molecule has 1 amide bonds. The molecule has 1 aromatic heterocycles. The summed E-state index contributed by atoms with van der Waals surface area (Å²) in [6, 6.07) is 1.75. The molecule has 0 aromatic carbocycles. The van der Waals surface area contributed by atoms with Gasteiger partial charge >= 0.3 is 0 Å². The van der Waals surface area contributed by atoms with Crippen LogP contribution in [0.4, 0.5) is 0 Å². The molecule has 0 saturated carbocycles. The highest BCUT2D eigenvalue weighted by Crippen LogP contribution is 2.09. The molecule has 0 unspecified atom stereocenters. The number of aryl methyl sites for hydroxylation is 1. The molecule has 0 saturated heterocycles. The predicted molar refractivity (Wildman–Crippen MR) is 58.7 cm³/mol. The van der Waals surface area contributed by atoms with Gasteiger partial charge in [-0.25, -0.2) is 0 Å². The third-order valence-electron chi connectivity index (χ3n) is 2.16. The van der Waals surface area contributed by atoms with Crippen LogP contribution < -0.4 is 5.73 Å². The van der Waals surface area contributed by atoms with Gasteiger partial charge in [-0.1, -0.05) is 6.92 Å². The van der Waals surface area contributed by atoms with Crippen molar-refractivity contribution in [1.82, 2.24) is 4.90 Å². The van der Waals surface area contributed by atoms with Gasteiger partial charge in [0.15, 0.2) is 0 Å². The first kappa shape index (κ1) is 11.8. The summed E-state index contributed by atoms with van der Waals surface area (Å²) in [5, 5.41) is 0. The van der Waals surface area contributed by atoms with Gasteiger partial charge in [0, 0.05) is 19.6 Å². The van der Waals surface area contributed by atoms with Gasteiger partial charge in [-0.2, -0.15) is 0 Å². The molecule has 0 atom stereocenters. The first-order chi connectivity index (χ1) is 7.19. The standard InChI is InChI=1S/C11H18N2O2/c1-3-5-13(6-4-12)11(14)10-7-9(2)15-8-10/h7-8H,3-6,12H2,1-2H3. The zero-order valence-corrected chi connectivity index (χ0v) is 9.32. The minimum Gasteiger partial charge on any atom is -0.469 e. The van der Waals surface area contributed by atoms with Gasteiger partial charge in [0.1, 0.15) is 12.0 Å². The number of rotatable bonds is 5. The smallest absolute Gasteiger partial charge is 0.257 e. The van der Waals surface area contributed by atoms with Gasteiger partial charge in [0.05, 0.1) is 5.56 Å². The average molecular weight is 210 g/mol. The van der Waals surface area contributed by atoms with Crippen molar-refractivity contribution in [2.45, 2.75) is 20.3 Å². The molecule has 84 valence electrons. The van der Waals surface area contributed by atoms with E-state index in [1.807, 2.05) is 13.8 Å². The Morgan fingerprint density at radius 1 is 1.53 bits per heavy atom. The number of furan rings is 1. The molecule has 4 nitrogen and oxygen atoms in total. The van der Waals surface area contributed by atoms with E-state index in [0.717, 1.165) is 18.7 Å². The maximum absolute atomic E-state index is 11.9. The van der Waals surface area contributed by atoms with Crippen molar-refractivity contribution in [2.75, 3.05) is 19.6 Å². The van der Waals surface area contributed by atoms with E-state index in [-0.39, 0.29) is 5.91 Å². The Balaban J connectivity index is 2.71. The average Bonchev–Trinajstić information content (AvgIpc) is 2.63. The van der Waals surface area contributed by atoms with Crippen LogP contribution in [0.3, 0.4) is 0 Å². The Bertz CT molecular complexity index is 314. The van der Waals surface area contributed by atoms with Crippen LogP contribution in [0, 0.1) is 6.92 Å². The maximum atomic E-state index is 11.9. The van der Waals surface area contributed by atoms with E-state index in [4.69, 9.17) is 10.2 Å². The summed E-state index contributed by atoms with van der Waals surface area (Å²) >= 11 is 0. The molecule has 4 heteroatoms. The van der Waals surface area contributed by atoms with E-state index in [1.165, 1.54) is 6.26 Å². The molecule has 0 aliphatic heterocycles. The van der Waals surface area contributed by atoms with Gasteiger partial charge in [-0.05, 0) is 19.4 Å². The lowest BCUT2D eigenvalue weighted by molar-refractivity contribution is 0.0759. The van der Waals surface area contributed by atoms with Crippen molar-refractivity contribution < 1.29 is 9.21 Å². The van der Waals surface area contributed by atoms with E-state index in [1.54, 1.807) is 11.0 Å². The molecule has 0 aliphatic carbocycles. The van der Waals surface area contributed by atoms with Crippen LogP contribution in [0.15, 0.2) is 16.7 Å². The van der Waals surface area contributed by atoms with Crippen molar-refractivity contribution in [3.05, 3.63) is 23.7 Å². The van der Waals surface area contributed by atoms with Crippen LogP contribution in [-0.2, 0) is 0 Å². The van der Waals surface area contributed by atoms with Crippen LogP contribution in [0.5, 0.6) is 0 Å². The van der Waals surface area contributed by atoms with Crippen LogP contribution in [0.2, 0.25) is 0 Å². The molecule has 0 aliphatic rings. The molecule has 0 radical (unpaired) electrons. The lowest BCUT2D eigenvalue weighted by Gasteiger charge is -2.20. The molecule has 0 fully saturated rings. The van der Waals surface area contributed by atoms with Gasteiger partial charge < -0.3 is 15.1 Å². The minimum atomic E-state index is -0.000787. The summed E-state index contributed by atoms with van der Waals surface area (Å²) in [6.45, 7) is 5.68. The summed E-state index contributed by atoms with van der Waals surface area (Å²) in [5.74, 6) is 0.752. The molecule has 0 bridgehead atoms. The Hall–Kier alpha value is -1.29. The van der Waals surface area contributed by atoms with Crippen LogP contribution >= 0.6 is 0 Å². The van der Waals surface area contributed by atoms with Crippen LogP contribution in [0.25, 0.3) is 0 Å². The number of amides is 1. The second-order valence-corrected chi connectivity index (χ2v) is 3.53. The Labute approximate surface area is 90.0 Å². The van der Waals surface area contributed by atoms with Crippen molar-refractivity contribution >= 4 is 5.91 Å². The zero-order valence-electron chi connectivity index (χ0n) is 9.32. The monoisotopic (exact) mass is 210 g/mol. The van der Waals surface area contributed by atoms with Crippen molar-refractivity contribution in [2.24, 2.45) is 5.73 Å². The fraction of sp³-hybridized carbons (Fsp3) is 0.545. The molecule has 0 spiro atoms. The largest absolute Gasteiger partial charge is 0.469 e. The Kier molecular flexibility index (Phi) is 4.37. The second kappa shape index (κ2) is 5.56. The van der Waals surface area contributed by atoms with E-state index in [0.29, 0.717) is 18.7 Å². The van der Waals surface area contributed by atoms with Crippen LogP contribution in [0.1, 0.15) is 29.5 Å².